The molecule has 0 saturated heterocycles. The Kier molecular flexibility index (Phi) is 4.52. The molecule has 1 aliphatic heterocycles. The number of hydrogen-bond acceptors (Lipinski definition) is 4. The molecule has 22 heavy (non-hydrogen) atoms. The van der Waals surface area contributed by atoms with Gasteiger partial charge in [0, 0.05) is 12.7 Å². The molecule has 5 nitrogen and oxygen atoms in total. The van der Waals surface area contributed by atoms with E-state index in [4.69, 9.17) is 44.9 Å². The largest absolute Gasteiger partial charge is 0.454 e. The van der Waals surface area contributed by atoms with Crippen molar-refractivity contribution in [3.05, 3.63) is 46.1 Å². The molecule has 0 saturated carbocycles. The van der Waals surface area contributed by atoms with E-state index in [0.717, 1.165) is 17.1 Å². The van der Waals surface area contributed by atoms with Crippen LogP contribution >= 0.6 is 35.4 Å². The van der Waals surface area contributed by atoms with E-state index in [9.17, 15) is 0 Å². The third-order valence-corrected chi connectivity index (χ3v) is 3.67. The van der Waals surface area contributed by atoms with E-state index in [2.05, 4.69) is 15.6 Å². The second-order valence-corrected chi connectivity index (χ2v) is 5.73. The summed E-state index contributed by atoms with van der Waals surface area (Å²) < 4.78 is 10.6. The Hall–Kier alpha value is -1.76. The van der Waals surface area contributed by atoms with E-state index >= 15 is 0 Å². The number of halogens is 2. The normalized spacial score (nSPS) is 12.1. The van der Waals surface area contributed by atoms with Gasteiger partial charge in [-0.3, -0.25) is 0 Å². The Morgan fingerprint density at radius 1 is 1.23 bits per heavy atom. The molecule has 1 aromatic heterocycles. The van der Waals surface area contributed by atoms with E-state index in [0.29, 0.717) is 27.5 Å². The van der Waals surface area contributed by atoms with Crippen molar-refractivity contribution in [2.24, 2.45) is 0 Å². The zero-order chi connectivity index (χ0) is 15.5. The number of aromatic nitrogens is 1. The number of rotatable bonds is 3. The Morgan fingerprint density at radius 3 is 2.86 bits per heavy atom. The van der Waals surface area contributed by atoms with Gasteiger partial charge >= 0.3 is 0 Å². The highest BCUT2D eigenvalue weighted by molar-refractivity contribution is 7.80. The fourth-order valence-electron chi connectivity index (χ4n) is 1.89. The number of thiocarbonyl (C=S) groups is 1. The van der Waals surface area contributed by atoms with Gasteiger partial charge in [-0.2, -0.15) is 0 Å². The molecule has 2 aromatic rings. The van der Waals surface area contributed by atoms with Crippen LogP contribution in [0.25, 0.3) is 0 Å². The van der Waals surface area contributed by atoms with Crippen molar-refractivity contribution in [1.29, 1.82) is 0 Å². The van der Waals surface area contributed by atoms with Gasteiger partial charge in [0.05, 0.1) is 10.0 Å². The van der Waals surface area contributed by atoms with Crippen molar-refractivity contribution in [3.8, 4) is 11.5 Å². The first-order valence-electron chi connectivity index (χ1n) is 6.36. The van der Waals surface area contributed by atoms with Gasteiger partial charge in [0.25, 0.3) is 0 Å². The van der Waals surface area contributed by atoms with E-state index in [1.807, 2.05) is 18.2 Å². The van der Waals surface area contributed by atoms with E-state index in [1.54, 1.807) is 6.07 Å². The molecule has 114 valence electrons. The molecule has 0 fully saturated rings. The summed E-state index contributed by atoms with van der Waals surface area (Å²) >= 11 is 17.0. The maximum absolute atomic E-state index is 6.03. The van der Waals surface area contributed by atoms with Crippen molar-refractivity contribution in [3.63, 3.8) is 0 Å². The highest BCUT2D eigenvalue weighted by Crippen LogP contribution is 2.32. The third kappa shape index (κ3) is 3.52. The molecule has 0 bridgehead atoms. The average molecular weight is 356 g/mol. The van der Waals surface area contributed by atoms with Crippen LogP contribution in [0.2, 0.25) is 10.0 Å². The van der Waals surface area contributed by atoms with Crippen LogP contribution in [0.1, 0.15) is 5.56 Å². The molecule has 0 atom stereocenters. The zero-order valence-corrected chi connectivity index (χ0v) is 13.6. The first kappa shape index (κ1) is 15.1. The van der Waals surface area contributed by atoms with Crippen LogP contribution in [0.3, 0.4) is 0 Å². The smallest absolute Gasteiger partial charge is 0.231 e. The number of anilines is 1. The van der Waals surface area contributed by atoms with Gasteiger partial charge in [-0.05, 0) is 36.0 Å². The predicted octanol–water partition coefficient (Wildman–Crippen LogP) is 3.60. The first-order valence-corrected chi connectivity index (χ1v) is 7.52. The Bertz CT molecular complexity index is 727. The van der Waals surface area contributed by atoms with Crippen molar-refractivity contribution in [2.45, 2.75) is 6.54 Å². The lowest BCUT2D eigenvalue weighted by molar-refractivity contribution is 0.174. The molecule has 0 radical (unpaired) electrons. The molecule has 0 unspecified atom stereocenters. The minimum atomic E-state index is 0.257. The Labute approximate surface area is 142 Å². The molecule has 1 aromatic carbocycles. The van der Waals surface area contributed by atoms with E-state index < -0.39 is 0 Å². The second kappa shape index (κ2) is 6.56. The summed E-state index contributed by atoms with van der Waals surface area (Å²) in [6, 6.07) is 7.31. The summed E-state index contributed by atoms with van der Waals surface area (Å²) in [4.78, 5) is 4.08. The molecular weight excluding hydrogens is 345 g/mol. The molecule has 2 N–H and O–H groups in total. The van der Waals surface area contributed by atoms with Crippen molar-refractivity contribution < 1.29 is 9.47 Å². The highest BCUT2D eigenvalue weighted by Gasteiger charge is 2.13. The van der Waals surface area contributed by atoms with Crippen LogP contribution in [0.15, 0.2) is 30.5 Å². The van der Waals surface area contributed by atoms with Crippen LogP contribution in [-0.4, -0.2) is 16.9 Å². The summed E-state index contributed by atoms with van der Waals surface area (Å²) in [5, 5.41) is 7.28. The lowest BCUT2D eigenvalue weighted by Crippen LogP contribution is -2.28. The van der Waals surface area contributed by atoms with Gasteiger partial charge in [0.15, 0.2) is 22.4 Å². The SMILES string of the molecule is S=C(NCc1ccc2c(c1)OCO2)Nc1ncc(Cl)cc1Cl. The van der Waals surface area contributed by atoms with Crippen LogP contribution < -0.4 is 20.1 Å². The Balaban J connectivity index is 1.58. The summed E-state index contributed by atoms with van der Waals surface area (Å²) in [6.07, 6.45) is 1.50. The monoisotopic (exact) mass is 355 g/mol. The predicted molar refractivity (Wildman–Crippen MR) is 89.9 cm³/mol. The van der Waals surface area contributed by atoms with E-state index in [1.165, 1.54) is 6.20 Å². The quantitative estimate of drug-likeness (QED) is 0.820. The van der Waals surface area contributed by atoms with Gasteiger partial charge in [0.2, 0.25) is 6.79 Å². The average Bonchev–Trinajstić information content (AvgIpc) is 2.95. The van der Waals surface area contributed by atoms with Gasteiger partial charge in [0.1, 0.15) is 0 Å². The summed E-state index contributed by atoms with van der Waals surface area (Å²) in [7, 11) is 0. The minimum Gasteiger partial charge on any atom is -0.454 e. The molecular formula is C14H11Cl2N3O2S. The van der Waals surface area contributed by atoms with Crippen molar-refractivity contribution in [1.82, 2.24) is 10.3 Å². The van der Waals surface area contributed by atoms with E-state index in [-0.39, 0.29) is 6.79 Å². The van der Waals surface area contributed by atoms with Crippen LogP contribution in [0, 0.1) is 0 Å². The highest BCUT2D eigenvalue weighted by atomic mass is 35.5. The van der Waals surface area contributed by atoms with Gasteiger partial charge in [-0.15, -0.1) is 0 Å². The van der Waals surface area contributed by atoms with Crippen molar-refractivity contribution >= 4 is 46.4 Å². The van der Waals surface area contributed by atoms with Crippen LogP contribution in [0.4, 0.5) is 5.82 Å². The number of ether oxygens (including phenoxy) is 2. The number of benzene rings is 1. The van der Waals surface area contributed by atoms with Crippen LogP contribution in [-0.2, 0) is 6.54 Å². The van der Waals surface area contributed by atoms with Crippen molar-refractivity contribution in [2.75, 3.05) is 12.1 Å². The van der Waals surface area contributed by atoms with Gasteiger partial charge in [-0.25, -0.2) is 4.98 Å². The number of hydrogen-bond donors (Lipinski definition) is 2. The maximum atomic E-state index is 6.03. The zero-order valence-electron chi connectivity index (χ0n) is 11.2. The standard InChI is InChI=1S/C14H11Cl2N3O2S/c15-9-4-10(16)13(17-6-9)19-14(22)18-5-8-1-2-11-12(3-8)21-7-20-11/h1-4,6H,5,7H2,(H2,17,18,19,22). The fourth-order valence-corrected chi connectivity index (χ4v) is 2.49. The fraction of sp³-hybridized carbons (Fsp3) is 0.143. The second-order valence-electron chi connectivity index (χ2n) is 4.48. The minimum absolute atomic E-state index is 0.257. The number of pyridine rings is 1. The third-order valence-electron chi connectivity index (χ3n) is 2.93. The summed E-state index contributed by atoms with van der Waals surface area (Å²) in [6.45, 7) is 0.792. The van der Waals surface area contributed by atoms with Crippen LogP contribution in [0.5, 0.6) is 11.5 Å². The molecule has 2 heterocycles. The Morgan fingerprint density at radius 2 is 2.05 bits per heavy atom. The lowest BCUT2D eigenvalue weighted by atomic mass is 10.2. The molecule has 1 aliphatic rings. The summed E-state index contributed by atoms with van der Waals surface area (Å²) in [5.41, 5.74) is 1.02. The van der Waals surface area contributed by atoms with Gasteiger partial charge in [-0.1, -0.05) is 29.3 Å². The molecule has 8 heteroatoms. The first-order chi connectivity index (χ1) is 10.6. The topological polar surface area (TPSA) is 55.4 Å². The van der Waals surface area contributed by atoms with Gasteiger partial charge < -0.3 is 20.1 Å². The number of fused-ring (bicyclic) bond motifs is 1. The number of nitrogens with one attached hydrogen (secondary N) is 2. The molecule has 0 amide bonds. The molecule has 0 aliphatic carbocycles. The number of nitrogens with zero attached hydrogens (tertiary/aromatic N) is 1. The summed E-state index contributed by atoms with van der Waals surface area (Å²) in [5.74, 6) is 1.94. The molecule has 3 rings (SSSR count). The lowest BCUT2D eigenvalue weighted by Gasteiger charge is -2.11. The molecule has 0 spiro atoms. The maximum Gasteiger partial charge on any atom is 0.231 e.